The van der Waals surface area contributed by atoms with Gasteiger partial charge in [0, 0.05) is 24.3 Å². The summed E-state index contributed by atoms with van der Waals surface area (Å²) in [5.41, 5.74) is 1.36. The molecule has 0 saturated heterocycles. The standard InChI is InChI=1S/C16H24ClNO/c1-2-19-10-9-14(12-18-16-7-8-16)11-13-3-5-15(17)6-4-13/h3-6,14,16,18H,2,7-12H2,1H3. The molecule has 1 aliphatic rings. The van der Waals surface area contributed by atoms with Gasteiger partial charge in [0.2, 0.25) is 0 Å². The molecule has 1 aromatic rings. The van der Waals surface area contributed by atoms with E-state index in [1.165, 1.54) is 18.4 Å². The molecule has 19 heavy (non-hydrogen) atoms. The van der Waals surface area contributed by atoms with Gasteiger partial charge in [-0.15, -0.1) is 0 Å². The van der Waals surface area contributed by atoms with Crippen molar-refractivity contribution in [1.82, 2.24) is 5.32 Å². The summed E-state index contributed by atoms with van der Waals surface area (Å²) >= 11 is 5.93. The summed E-state index contributed by atoms with van der Waals surface area (Å²) in [6.45, 7) is 4.82. The summed E-state index contributed by atoms with van der Waals surface area (Å²) in [6, 6.07) is 9.00. The second-order valence-electron chi connectivity index (χ2n) is 5.36. The smallest absolute Gasteiger partial charge is 0.0469 e. The van der Waals surface area contributed by atoms with Crippen molar-refractivity contribution in [1.29, 1.82) is 0 Å². The fourth-order valence-electron chi connectivity index (χ4n) is 2.25. The van der Waals surface area contributed by atoms with Crippen molar-refractivity contribution in [2.24, 2.45) is 5.92 Å². The lowest BCUT2D eigenvalue weighted by Crippen LogP contribution is -2.27. The number of hydrogen-bond acceptors (Lipinski definition) is 2. The van der Waals surface area contributed by atoms with Crippen molar-refractivity contribution >= 4 is 11.6 Å². The van der Waals surface area contributed by atoms with Crippen LogP contribution in [0.3, 0.4) is 0 Å². The first kappa shape index (κ1) is 14.8. The van der Waals surface area contributed by atoms with Crippen LogP contribution in [0.25, 0.3) is 0 Å². The van der Waals surface area contributed by atoms with Crippen molar-refractivity contribution in [3.8, 4) is 0 Å². The van der Waals surface area contributed by atoms with Crippen molar-refractivity contribution in [3.05, 3.63) is 34.9 Å². The highest BCUT2D eigenvalue weighted by molar-refractivity contribution is 6.30. The van der Waals surface area contributed by atoms with Crippen molar-refractivity contribution < 1.29 is 4.74 Å². The molecule has 1 unspecified atom stereocenters. The lowest BCUT2D eigenvalue weighted by Gasteiger charge is -2.18. The molecular formula is C16H24ClNO. The van der Waals surface area contributed by atoms with Gasteiger partial charge in [-0.25, -0.2) is 0 Å². The maximum absolute atomic E-state index is 5.93. The number of benzene rings is 1. The molecule has 0 heterocycles. The molecule has 0 aromatic heterocycles. The summed E-state index contributed by atoms with van der Waals surface area (Å²) in [5.74, 6) is 0.647. The molecule has 1 atom stereocenters. The maximum atomic E-state index is 5.93. The predicted molar refractivity (Wildman–Crippen MR) is 80.8 cm³/mol. The topological polar surface area (TPSA) is 21.3 Å². The molecule has 2 nitrogen and oxygen atoms in total. The zero-order valence-electron chi connectivity index (χ0n) is 11.7. The van der Waals surface area contributed by atoms with Crippen LogP contribution >= 0.6 is 11.6 Å². The minimum absolute atomic E-state index is 0.647. The normalized spacial score (nSPS) is 16.5. The third-order valence-corrected chi connectivity index (χ3v) is 3.84. The zero-order valence-corrected chi connectivity index (χ0v) is 12.5. The molecule has 0 aliphatic heterocycles. The molecule has 2 rings (SSSR count). The summed E-state index contributed by atoms with van der Waals surface area (Å²) in [5, 5.41) is 4.44. The van der Waals surface area contributed by atoms with Gasteiger partial charge in [-0.3, -0.25) is 0 Å². The van der Waals surface area contributed by atoms with Crippen molar-refractivity contribution in [2.45, 2.75) is 38.6 Å². The van der Waals surface area contributed by atoms with Gasteiger partial charge in [-0.2, -0.15) is 0 Å². The van der Waals surface area contributed by atoms with E-state index in [1.807, 2.05) is 12.1 Å². The second kappa shape index (κ2) is 7.88. The number of rotatable bonds is 9. The van der Waals surface area contributed by atoms with E-state index in [9.17, 15) is 0 Å². The van der Waals surface area contributed by atoms with E-state index in [1.54, 1.807) is 0 Å². The SMILES string of the molecule is CCOCCC(CNC1CC1)Cc1ccc(Cl)cc1. The fourth-order valence-corrected chi connectivity index (χ4v) is 2.37. The lowest BCUT2D eigenvalue weighted by molar-refractivity contribution is 0.131. The Kier molecular flexibility index (Phi) is 6.15. The molecule has 0 radical (unpaired) electrons. The quantitative estimate of drug-likeness (QED) is 0.697. The van der Waals surface area contributed by atoms with Crippen molar-refractivity contribution in [2.75, 3.05) is 19.8 Å². The zero-order chi connectivity index (χ0) is 13.5. The monoisotopic (exact) mass is 281 g/mol. The molecule has 1 fully saturated rings. The third-order valence-electron chi connectivity index (χ3n) is 3.58. The number of halogens is 1. The van der Waals surface area contributed by atoms with Crippen LogP contribution in [-0.4, -0.2) is 25.8 Å². The van der Waals surface area contributed by atoms with Crippen LogP contribution in [0.5, 0.6) is 0 Å². The number of hydrogen-bond donors (Lipinski definition) is 1. The van der Waals surface area contributed by atoms with Gasteiger partial charge in [0.05, 0.1) is 0 Å². The van der Waals surface area contributed by atoms with Crippen molar-refractivity contribution in [3.63, 3.8) is 0 Å². The van der Waals surface area contributed by atoms with Crippen LogP contribution in [0.1, 0.15) is 31.7 Å². The minimum atomic E-state index is 0.647. The average Bonchev–Trinajstić information content (AvgIpc) is 3.23. The van der Waals surface area contributed by atoms with Crippen LogP contribution in [0.15, 0.2) is 24.3 Å². The van der Waals surface area contributed by atoms with Crippen LogP contribution in [0.2, 0.25) is 5.02 Å². The molecular weight excluding hydrogens is 258 g/mol. The Morgan fingerprint density at radius 1 is 1.32 bits per heavy atom. The highest BCUT2D eigenvalue weighted by Gasteiger charge is 2.21. The Morgan fingerprint density at radius 2 is 2.05 bits per heavy atom. The van der Waals surface area contributed by atoms with Gasteiger partial charge in [0.15, 0.2) is 0 Å². The van der Waals surface area contributed by atoms with Gasteiger partial charge >= 0.3 is 0 Å². The van der Waals surface area contributed by atoms with E-state index in [-0.39, 0.29) is 0 Å². The summed E-state index contributed by atoms with van der Waals surface area (Å²) in [6.07, 6.45) is 4.92. The molecule has 0 amide bonds. The first-order chi connectivity index (χ1) is 9.28. The van der Waals surface area contributed by atoms with Crippen LogP contribution in [0, 0.1) is 5.92 Å². The summed E-state index contributed by atoms with van der Waals surface area (Å²) in [7, 11) is 0. The molecule has 106 valence electrons. The van der Waals surface area contributed by atoms with E-state index < -0.39 is 0 Å². The average molecular weight is 282 g/mol. The Morgan fingerprint density at radius 3 is 2.68 bits per heavy atom. The highest BCUT2D eigenvalue weighted by Crippen LogP contribution is 2.21. The largest absolute Gasteiger partial charge is 0.382 e. The van der Waals surface area contributed by atoms with E-state index in [0.717, 1.165) is 43.7 Å². The Hall–Kier alpha value is -0.570. The minimum Gasteiger partial charge on any atom is -0.382 e. The van der Waals surface area contributed by atoms with Gasteiger partial charge in [-0.1, -0.05) is 23.7 Å². The summed E-state index contributed by atoms with van der Waals surface area (Å²) < 4.78 is 5.49. The Labute approximate surface area is 121 Å². The Balaban J connectivity index is 1.81. The summed E-state index contributed by atoms with van der Waals surface area (Å²) in [4.78, 5) is 0. The molecule has 0 bridgehead atoms. The van der Waals surface area contributed by atoms with Crippen LogP contribution < -0.4 is 5.32 Å². The first-order valence-electron chi connectivity index (χ1n) is 7.33. The van der Waals surface area contributed by atoms with E-state index >= 15 is 0 Å². The van der Waals surface area contributed by atoms with Gasteiger partial charge in [0.25, 0.3) is 0 Å². The van der Waals surface area contributed by atoms with E-state index in [0.29, 0.717) is 5.92 Å². The maximum Gasteiger partial charge on any atom is 0.0469 e. The molecule has 1 N–H and O–H groups in total. The van der Waals surface area contributed by atoms with Crippen LogP contribution in [-0.2, 0) is 11.2 Å². The highest BCUT2D eigenvalue weighted by atomic mass is 35.5. The first-order valence-corrected chi connectivity index (χ1v) is 7.71. The number of ether oxygens (including phenoxy) is 1. The fraction of sp³-hybridized carbons (Fsp3) is 0.625. The van der Waals surface area contributed by atoms with E-state index in [2.05, 4.69) is 24.4 Å². The van der Waals surface area contributed by atoms with Gasteiger partial charge in [-0.05, 0) is 62.8 Å². The molecule has 0 spiro atoms. The lowest BCUT2D eigenvalue weighted by atomic mass is 9.96. The van der Waals surface area contributed by atoms with Crippen LogP contribution in [0.4, 0.5) is 0 Å². The molecule has 1 saturated carbocycles. The van der Waals surface area contributed by atoms with Gasteiger partial charge in [0.1, 0.15) is 0 Å². The molecule has 1 aromatic carbocycles. The Bertz CT molecular complexity index is 362. The molecule has 1 aliphatic carbocycles. The number of nitrogens with one attached hydrogen (secondary N) is 1. The molecule has 3 heteroatoms. The van der Waals surface area contributed by atoms with Gasteiger partial charge < -0.3 is 10.1 Å². The predicted octanol–water partition coefficient (Wildman–Crippen LogP) is 3.68. The third kappa shape index (κ3) is 5.94. The van der Waals surface area contributed by atoms with E-state index in [4.69, 9.17) is 16.3 Å². The second-order valence-corrected chi connectivity index (χ2v) is 5.80.